The van der Waals surface area contributed by atoms with Gasteiger partial charge in [0.25, 0.3) is 0 Å². The second-order valence-corrected chi connectivity index (χ2v) is 4.72. The van der Waals surface area contributed by atoms with E-state index in [0.29, 0.717) is 13.0 Å². The highest BCUT2D eigenvalue weighted by atomic mass is 79.9. The average molecular weight is 286 g/mol. The van der Waals surface area contributed by atoms with Crippen LogP contribution in [0.25, 0.3) is 0 Å². The average Bonchev–Trinajstić information content (AvgIpc) is 2.25. The minimum atomic E-state index is -0.732. The number of halogens is 1. The highest BCUT2D eigenvalue weighted by molar-refractivity contribution is 9.10. The molecule has 1 rings (SSSR count). The minimum absolute atomic E-state index is 0.316. The SMILES string of the molecule is CCC(CN(C)c1cccc(Br)c1)C(=O)O. The van der Waals surface area contributed by atoms with Crippen molar-refractivity contribution >= 4 is 27.6 Å². The summed E-state index contributed by atoms with van der Waals surface area (Å²) in [6.07, 6.45) is 0.647. The molecule has 0 saturated carbocycles. The molecular weight excluding hydrogens is 270 g/mol. The van der Waals surface area contributed by atoms with Crippen molar-refractivity contribution in [2.75, 3.05) is 18.5 Å². The Balaban J connectivity index is 2.71. The molecule has 88 valence electrons. The number of carbonyl (C=O) groups is 1. The fourth-order valence-corrected chi connectivity index (χ4v) is 1.92. The van der Waals surface area contributed by atoms with E-state index in [1.807, 2.05) is 43.1 Å². The molecule has 0 aliphatic carbocycles. The van der Waals surface area contributed by atoms with Gasteiger partial charge < -0.3 is 10.0 Å². The summed E-state index contributed by atoms with van der Waals surface area (Å²) < 4.78 is 1.00. The Morgan fingerprint density at radius 1 is 1.56 bits per heavy atom. The van der Waals surface area contributed by atoms with Gasteiger partial charge in [-0.3, -0.25) is 4.79 Å². The van der Waals surface area contributed by atoms with Gasteiger partial charge >= 0.3 is 5.97 Å². The van der Waals surface area contributed by atoms with E-state index in [2.05, 4.69) is 15.9 Å². The van der Waals surface area contributed by atoms with Crippen LogP contribution in [0.4, 0.5) is 5.69 Å². The van der Waals surface area contributed by atoms with Gasteiger partial charge in [0.1, 0.15) is 0 Å². The molecule has 0 heterocycles. The maximum Gasteiger partial charge on any atom is 0.308 e. The Labute approximate surface area is 104 Å². The van der Waals surface area contributed by atoms with Crippen LogP contribution in [0, 0.1) is 5.92 Å². The molecule has 1 aromatic rings. The van der Waals surface area contributed by atoms with Gasteiger partial charge in [0.2, 0.25) is 0 Å². The van der Waals surface area contributed by atoms with E-state index >= 15 is 0 Å². The van der Waals surface area contributed by atoms with Crippen LogP contribution >= 0.6 is 15.9 Å². The predicted octanol–water partition coefficient (Wildman–Crippen LogP) is 3.00. The van der Waals surface area contributed by atoms with E-state index in [0.717, 1.165) is 10.2 Å². The molecule has 0 aliphatic heterocycles. The highest BCUT2D eigenvalue weighted by Crippen LogP contribution is 2.20. The first-order valence-corrected chi connectivity index (χ1v) is 6.03. The summed E-state index contributed by atoms with van der Waals surface area (Å²) in [5, 5.41) is 8.99. The van der Waals surface area contributed by atoms with Gasteiger partial charge in [-0.05, 0) is 24.6 Å². The first-order chi connectivity index (χ1) is 7.54. The smallest absolute Gasteiger partial charge is 0.308 e. The molecule has 0 radical (unpaired) electrons. The maximum absolute atomic E-state index is 10.9. The molecule has 3 nitrogen and oxygen atoms in total. The van der Waals surface area contributed by atoms with E-state index in [1.165, 1.54) is 0 Å². The van der Waals surface area contributed by atoms with Crippen molar-refractivity contribution in [3.63, 3.8) is 0 Å². The summed E-state index contributed by atoms with van der Waals surface area (Å²) in [4.78, 5) is 12.9. The lowest BCUT2D eigenvalue weighted by molar-refractivity contribution is -0.141. The van der Waals surface area contributed by atoms with E-state index in [9.17, 15) is 4.79 Å². The van der Waals surface area contributed by atoms with Gasteiger partial charge in [-0.1, -0.05) is 28.9 Å². The Morgan fingerprint density at radius 3 is 2.75 bits per heavy atom. The van der Waals surface area contributed by atoms with Crippen molar-refractivity contribution in [1.82, 2.24) is 0 Å². The third kappa shape index (κ3) is 3.52. The second kappa shape index (κ2) is 5.89. The third-order valence-electron chi connectivity index (χ3n) is 2.59. The molecule has 1 aromatic carbocycles. The molecule has 4 heteroatoms. The summed E-state index contributed by atoms with van der Waals surface area (Å²) in [6, 6.07) is 7.84. The summed E-state index contributed by atoms with van der Waals surface area (Å²) in [5.41, 5.74) is 1.02. The summed E-state index contributed by atoms with van der Waals surface area (Å²) in [5.74, 6) is -1.05. The molecule has 0 fully saturated rings. The maximum atomic E-state index is 10.9. The van der Waals surface area contributed by atoms with Crippen LogP contribution in [0.3, 0.4) is 0 Å². The number of nitrogens with zero attached hydrogens (tertiary/aromatic N) is 1. The normalized spacial score (nSPS) is 12.2. The molecule has 0 aromatic heterocycles. The van der Waals surface area contributed by atoms with Crippen LogP contribution in [0.2, 0.25) is 0 Å². The van der Waals surface area contributed by atoms with Gasteiger partial charge in [-0.25, -0.2) is 0 Å². The van der Waals surface area contributed by atoms with Crippen molar-refractivity contribution in [3.8, 4) is 0 Å². The van der Waals surface area contributed by atoms with Gasteiger partial charge in [-0.2, -0.15) is 0 Å². The van der Waals surface area contributed by atoms with Gasteiger partial charge in [0.15, 0.2) is 0 Å². The number of hydrogen-bond donors (Lipinski definition) is 1. The van der Waals surface area contributed by atoms with E-state index in [4.69, 9.17) is 5.11 Å². The lowest BCUT2D eigenvalue weighted by Gasteiger charge is -2.22. The summed E-state index contributed by atoms with van der Waals surface area (Å²) in [7, 11) is 1.91. The van der Waals surface area contributed by atoms with Crippen molar-refractivity contribution < 1.29 is 9.90 Å². The summed E-state index contributed by atoms with van der Waals surface area (Å²) in [6.45, 7) is 2.43. The predicted molar refractivity (Wildman–Crippen MR) is 68.8 cm³/mol. The number of anilines is 1. The Morgan fingerprint density at radius 2 is 2.25 bits per heavy atom. The molecule has 1 atom stereocenters. The van der Waals surface area contributed by atoms with Crippen LogP contribution < -0.4 is 4.90 Å². The van der Waals surface area contributed by atoms with Crippen molar-refractivity contribution in [2.24, 2.45) is 5.92 Å². The van der Waals surface area contributed by atoms with Gasteiger partial charge in [0, 0.05) is 23.8 Å². The molecule has 16 heavy (non-hydrogen) atoms. The number of benzene rings is 1. The van der Waals surface area contributed by atoms with Gasteiger partial charge in [-0.15, -0.1) is 0 Å². The lowest BCUT2D eigenvalue weighted by atomic mass is 10.1. The number of carboxylic acids is 1. The van der Waals surface area contributed by atoms with E-state index < -0.39 is 5.97 Å². The standard InChI is InChI=1S/C12H16BrNO2/c1-3-9(12(15)16)8-14(2)11-6-4-5-10(13)7-11/h4-7,9H,3,8H2,1-2H3,(H,15,16). The number of hydrogen-bond acceptors (Lipinski definition) is 2. The first-order valence-electron chi connectivity index (χ1n) is 5.24. The molecular formula is C12H16BrNO2. The fraction of sp³-hybridized carbons (Fsp3) is 0.417. The zero-order valence-electron chi connectivity index (χ0n) is 9.48. The van der Waals surface area contributed by atoms with E-state index in [-0.39, 0.29) is 5.92 Å². The second-order valence-electron chi connectivity index (χ2n) is 3.80. The monoisotopic (exact) mass is 285 g/mol. The largest absolute Gasteiger partial charge is 0.481 e. The minimum Gasteiger partial charge on any atom is -0.481 e. The van der Waals surface area contributed by atoms with Crippen LogP contribution in [0.1, 0.15) is 13.3 Å². The first kappa shape index (κ1) is 13.0. The molecule has 0 amide bonds. The topological polar surface area (TPSA) is 40.5 Å². The van der Waals surface area contributed by atoms with Crippen LogP contribution in [0.5, 0.6) is 0 Å². The number of carboxylic acid groups (broad SMARTS) is 1. The zero-order chi connectivity index (χ0) is 12.1. The van der Waals surface area contributed by atoms with E-state index in [1.54, 1.807) is 0 Å². The third-order valence-corrected chi connectivity index (χ3v) is 3.08. The zero-order valence-corrected chi connectivity index (χ0v) is 11.1. The number of rotatable bonds is 5. The molecule has 1 N–H and O–H groups in total. The van der Waals surface area contributed by atoms with Crippen molar-refractivity contribution in [3.05, 3.63) is 28.7 Å². The number of aliphatic carboxylic acids is 1. The molecule has 0 spiro atoms. The Bertz CT molecular complexity index is 368. The summed E-state index contributed by atoms with van der Waals surface area (Å²) >= 11 is 3.40. The Hall–Kier alpha value is -1.03. The van der Waals surface area contributed by atoms with Crippen LogP contribution in [-0.4, -0.2) is 24.7 Å². The highest BCUT2D eigenvalue weighted by Gasteiger charge is 2.17. The van der Waals surface area contributed by atoms with Gasteiger partial charge in [0.05, 0.1) is 5.92 Å². The molecule has 0 bridgehead atoms. The lowest BCUT2D eigenvalue weighted by Crippen LogP contribution is -2.29. The quantitative estimate of drug-likeness (QED) is 0.904. The molecule has 0 saturated heterocycles. The Kier molecular flexibility index (Phi) is 4.80. The van der Waals surface area contributed by atoms with Crippen LogP contribution in [-0.2, 0) is 4.79 Å². The fourth-order valence-electron chi connectivity index (χ4n) is 1.53. The molecule has 0 aliphatic rings. The van der Waals surface area contributed by atoms with Crippen molar-refractivity contribution in [1.29, 1.82) is 0 Å². The van der Waals surface area contributed by atoms with Crippen molar-refractivity contribution in [2.45, 2.75) is 13.3 Å². The van der Waals surface area contributed by atoms with Crippen LogP contribution in [0.15, 0.2) is 28.7 Å². The molecule has 1 unspecified atom stereocenters.